The lowest BCUT2D eigenvalue weighted by Crippen LogP contribution is -2.12. The van der Waals surface area contributed by atoms with Gasteiger partial charge in [0.2, 0.25) is 0 Å². The third kappa shape index (κ3) is 2.24. The molecule has 0 saturated carbocycles. The Morgan fingerprint density at radius 2 is 2.33 bits per heavy atom. The van der Waals surface area contributed by atoms with Gasteiger partial charge in [-0.15, -0.1) is 0 Å². The second kappa shape index (κ2) is 4.12. The van der Waals surface area contributed by atoms with Crippen molar-refractivity contribution >= 4 is 28.5 Å². The summed E-state index contributed by atoms with van der Waals surface area (Å²) in [5, 5.41) is 1.26. The van der Waals surface area contributed by atoms with Crippen LogP contribution < -0.4 is 11.5 Å². The van der Waals surface area contributed by atoms with Crippen molar-refractivity contribution in [2.75, 3.05) is 12.3 Å². The molecule has 0 amide bonds. The minimum atomic E-state index is 0.364. The lowest BCUT2D eigenvalue weighted by Gasteiger charge is -2.03. The number of fused-ring (bicyclic) bond motifs is 1. The molecular weight excluding hydrogens is 208 g/mol. The highest BCUT2D eigenvalue weighted by Crippen LogP contribution is 2.23. The van der Waals surface area contributed by atoms with Crippen molar-refractivity contribution in [2.45, 2.75) is 17.3 Å². The summed E-state index contributed by atoms with van der Waals surface area (Å²) in [5.41, 5.74) is 13.9. The molecule has 0 aliphatic rings. The smallest absolute Gasteiger partial charge is 0.166 e. The van der Waals surface area contributed by atoms with E-state index in [1.807, 2.05) is 18.2 Å². The van der Waals surface area contributed by atoms with E-state index in [9.17, 15) is 0 Å². The Labute approximate surface area is 92.4 Å². The molecule has 5 heteroatoms. The first kappa shape index (κ1) is 10.3. The van der Waals surface area contributed by atoms with Crippen molar-refractivity contribution < 1.29 is 0 Å². The summed E-state index contributed by atoms with van der Waals surface area (Å²) >= 11 is 1.64. The molecule has 15 heavy (non-hydrogen) atoms. The van der Waals surface area contributed by atoms with Gasteiger partial charge in [-0.3, -0.25) is 0 Å². The molecule has 2 aromatic rings. The molecule has 0 aliphatic carbocycles. The number of nitrogens with two attached hydrogens (primary N) is 2. The maximum absolute atomic E-state index is 5.69. The molecule has 0 fully saturated rings. The van der Waals surface area contributed by atoms with Crippen LogP contribution in [0.5, 0.6) is 0 Å². The lowest BCUT2D eigenvalue weighted by atomic mass is 10.3. The molecule has 4 nitrogen and oxygen atoms in total. The summed E-state index contributed by atoms with van der Waals surface area (Å²) in [4.78, 5) is 7.66. The third-order valence-electron chi connectivity index (χ3n) is 2.13. The van der Waals surface area contributed by atoms with Crippen molar-refractivity contribution in [1.29, 1.82) is 0 Å². The summed E-state index contributed by atoms with van der Waals surface area (Å²) in [5.74, 6) is 0. The first-order chi connectivity index (χ1) is 7.19. The van der Waals surface area contributed by atoms with Crippen LogP contribution in [0.25, 0.3) is 11.0 Å². The van der Waals surface area contributed by atoms with Crippen LogP contribution in [0, 0.1) is 0 Å². The number of aromatic amines is 1. The van der Waals surface area contributed by atoms with Gasteiger partial charge in [0.1, 0.15) is 0 Å². The number of aromatic nitrogens is 2. The normalized spacial score (nSPS) is 13.2. The molecule has 80 valence electrons. The van der Waals surface area contributed by atoms with Crippen LogP contribution in [0.4, 0.5) is 5.69 Å². The van der Waals surface area contributed by atoms with Crippen molar-refractivity contribution in [3.05, 3.63) is 18.2 Å². The molecule has 0 radical (unpaired) electrons. The predicted molar refractivity (Wildman–Crippen MR) is 64.9 cm³/mol. The first-order valence-electron chi connectivity index (χ1n) is 4.81. The Kier molecular flexibility index (Phi) is 2.83. The van der Waals surface area contributed by atoms with Crippen LogP contribution in [0.3, 0.4) is 0 Å². The van der Waals surface area contributed by atoms with E-state index in [0.717, 1.165) is 21.9 Å². The molecule has 0 saturated heterocycles. The Bertz CT molecular complexity index is 465. The number of nitrogens with zero attached hydrogens (tertiary/aromatic N) is 1. The number of imidazole rings is 1. The zero-order chi connectivity index (χ0) is 10.8. The minimum Gasteiger partial charge on any atom is -0.399 e. The van der Waals surface area contributed by atoms with E-state index in [2.05, 4.69) is 16.9 Å². The summed E-state index contributed by atoms with van der Waals surface area (Å²) < 4.78 is 0. The van der Waals surface area contributed by atoms with Crippen LogP contribution in [0.1, 0.15) is 6.92 Å². The fraction of sp³-hybridized carbons (Fsp3) is 0.300. The zero-order valence-corrected chi connectivity index (χ0v) is 9.34. The quantitative estimate of drug-likeness (QED) is 0.544. The highest BCUT2D eigenvalue weighted by Gasteiger charge is 2.07. The van der Waals surface area contributed by atoms with Gasteiger partial charge in [0.15, 0.2) is 5.16 Å². The Hall–Kier alpha value is -1.20. The molecule has 1 aromatic heterocycles. The third-order valence-corrected chi connectivity index (χ3v) is 3.14. The number of anilines is 1. The van der Waals surface area contributed by atoms with Crippen molar-refractivity contribution in [2.24, 2.45) is 5.73 Å². The van der Waals surface area contributed by atoms with Gasteiger partial charge in [-0.25, -0.2) is 4.98 Å². The maximum Gasteiger partial charge on any atom is 0.166 e. The minimum absolute atomic E-state index is 0.364. The number of hydrogen-bond acceptors (Lipinski definition) is 4. The topological polar surface area (TPSA) is 80.7 Å². The summed E-state index contributed by atoms with van der Waals surface area (Å²) in [6, 6.07) is 5.65. The van der Waals surface area contributed by atoms with Crippen molar-refractivity contribution in [1.82, 2.24) is 9.97 Å². The molecule has 0 spiro atoms. The summed E-state index contributed by atoms with van der Waals surface area (Å²) in [6.45, 7) is 2.72. The zero-order valence-electron chi connectivity index (χ0n) is 8.53. The first-order valence-corrected chi connectivity index (χ1v) is 5.69. The Morgan fingerprint density at radius 3 is 3.07 bits per heavy atom. The Morgan fingerprint density at radius 1 is 1.53 bits per heavy atom. The van der Waals surface area contributed by atoms with E-state index in [4.69, 9.17) is 11.5 Å². The number of H-pyrrole nitrogens is 1. The number of hydrogen-bond donors (Lipinski definition) is 3. The van der Waals surface area contributed by atoms with Crippen LogP contribution in [-0.2, 0) is 0 Å². The largest absolute Gasteiger partial charge is 0.399 e. The number of rotatable bonds is 3. The van der Waals surface area contributed by atoms with Crippen LogP contribution in [0.15, 0.2) is 23.4 Å². The monoisotopic (exact) mass is 222 g/mol. The van der Waals surface area contributed by atoms with Crippen LogP contribution >= 0.6 is 11.8 Å². The molecule has 0 aliphatic heterocycles. The van der Waals surface area contributed by atoms with Gasteiger partial charge in [0.25, 0.3) is 0 Å². The number of thioether (sulfide) groups is 1. The van der Waals surface area contributed by atoms with E-state index in [0.29, 0.717) is 11.8 Å². The molecule has 1 aromatic carbocycles. The standard InChI is InChI=1S/C10H14N4S/c1-6(5-11)15-10-13-8-3-2-7(12)4-9(8)14-10/h2-4,6H,5,11-12H2,1H3,(H,13,14). The van der Waals surface area contributed by atoms with E-state index < -0.39 is 0 Å². The van der Waals surface area contributed by atoms with Crippen molar-refractivity contribution in [3.8, 4) is 0 Å². The average molecular weight is 222 g/mol. The molecule has 5 N–H and O–H groups in total. The maximum atomic E-state index is 5.69. The highest BCUT2D eigenvalue weighted by atomic mass is 32.2. The molecular formula is C10H14N4S. The van der Waals surface area contributed by atoms with Crippen LogP contribution in [-0.4, -0.2) is 21.8 Å². The second-order valence-electron chi connectivity index (χ2n) is 3.48. The van der Waals surface area contributed by atoms with Crippen molar-refractivity contribution in [3.63, 3.8) is 0 Å². The van der Waals surface area contributed by atoms with Gasteiger partial charge in [-0.2, -0.15) is 0 Å². The molecule has 0 bridgehead atoms. The molecule has 2 rings (SSSR count). The van der Waals surface area contributed by atoms with Gasteiger partial charge < -0.3 is 16.5 Å². The van der Waals surface area contributed by atoms with E-state index >= 15 is 0 Å². The predicted octanol–water partition coefficient (Wildman–Crippen LogP) is 1.58. The number of nitrogens with one attached hydrogen (secondary N) is 1. The second-order valence-corrected chi connectivity index (χ2v) is 4.91. The SMILES string of the molecule is CC(CN)Sc1nc2ccc(N)cc2[nH]1. The van der Waals surface area contributed by atoms with Gasteiger partial charge in [0.05, 0.1) is 11.0 Å². The number of benzene rings is 1. The van der Waals surface area contributed by atoms with Gasteiger partial charge >= 0.3 is 0 Å². The van der Waals surface area contributed by atoms with E-state index in [1.165, 1.54) is 0 Å². The fourth-order valence-corrected chi connectivity index (χ4v) is 2.10. The van der Waals surface area contributed by atoms with Gasteiger partial charge in [-0.05, 0) is 18.2 Å². The van der Waals surface area contributed by atoms with E-state index in [1.54, 1.807) is 11.8 Å². The molecule has 1 heterocycles. The van der Waals surface area contributed by atoms with Crippen LogP contribution in [0.2, 0.25) is 0 Å². The summed E-state index contributed by atoms with van der Waals surface area (Å²) in [6.07, 6.45) is 0. The highest BCUT2D eigenvalue weighted by molar-refractivity contribution is 7.99. The number of nitrogen functional groups attached to an aromatic ring is 1. The molecule has 1 unspecified atom stereocenters. The van der Waals surface area contributed by atoms with Gasteiger partial charge in [0, 0.05) is 17.5 Å². The summed E-state index contributed by atoms with van der Waals surface area (Å²) in [7, 11) is 0. The van der Waals surface area contributed by atoms with Gasteiger partial charge in [-0.1, -0.05) is 18.7 Å². The fourth-order valence-electron chi connectivity index (χ4n) is 1.30. The molecule has 1 atom stereocenters. The lowest BCUT2D eigenvalue weighted by molar-refractivity contribution is 0.938. The average Bonchev–Trinajstić information content (AvgIpc) is 2.59. The van der Waals surface area contributed by atoms with E-state index in [-0.39, 0.29) is 0 Å². The Balaban J connectivity index is 2.30.